The van der Waals surface area contributed by atoms with Gasteiger partial charge in [0.05, 0.1) is 16.0 Å². The van der Waals surface area contributed by atoms with Crippen molar-refractivity contribution in [1.29, 1.82) is 0 Å². The fraction of sp³-hybridized carbons (Fsp3) is 0.200. The Morgan fingerprint density at radius 2 is 1.93 bits per heavy atom. The molecule has 0 fully saturated rings. The molecule has 142 valence electrons. The molecule has 0 saturated heterocycles. The van der Waals surface area contributed by atoms with Crippen molar-refractivity contribution in [3.05, 3.63) is 63.2 Å². The van der Waals surface area contributed by atoms with E-state index in [-0.39, 0.29) is 23.1 Å². The van der Waals surface area contributed by atoms with Gasteiger partial charge >= 0.3 is 0 Å². The quantitative estimate of drug-likeness (QED) is 0.526. The molecule has 0 spiro atoms. The van der Waals surface area contributed by atoms with Crippen molar-refractivity contribution < 1.29 is 4.79 Å². The van der Waals surface area contributed by atoms with E-state index in [1.54, 1.807) is 35.6 Å². The lowest BCUT2D eigenvalue weighted by Gasteiger charge is -2.12. The molecule has 6 nitrogen and oxygen atoms in total. The van der Waals surface area contributed by atoms with Crippen LogP contribution in [0.1, 0.15) is 24.3 Å². The van der Waals surface area contributed by atoms with Gasteiger partial charge in [0, 0.05) is 17.3 Å². The molecule has 8 heteroatoms. The Hall–Kier alpha value is -2.84. The van der Waals surface area contributed by atoms with Crippen molar-refractivity contribution in [2.24, 2.45) is 5.92 Å². The van der Waals surface area contributed by atoms with Gasteiger partial charge in [-0.15, -0.1) is 22.7 Å². The summed E-state index contributed by atoms with van der Waals surface area (Å²) in [5, 5.41) is 12.6. The van der Waals surface area contributed by atoms with E-state index in [1.807, 2.05) is 36.7 Å². The largest absolute Gasteiger partial charge is 0.296 e. The molecule has 0 unspecified atom stereocenters. The highest BCUT2D eigenvalue weighted by atomic mass is 32.1. The number of carbonyl (C=O) groups is 1. The van der Waals surface area contributed by atoms with Gasteiger partial charge in [-0.1, -0.05) is 38.1 Å². The second kappa shape index (κ2) is 7.65. The second-order valence-electron chi connectivity index (χ2n) is 6.74. The number of rotatable bonds is 5. The molecule has 0 radical (unpaired) electrons. The first-order chi connectivity index (χ1) is 13.5. The van der Waals surface area contributed by atoms with Gasteiger partial charge in [0.1, 0.15) is 0 Å². The maximum Gasteiger partial charge on any atom is 0.278 e. The fourth-order valence-corrected chi connectivity index (χ4v) is 4.36. The van der Waals surface area contributed by atoms with Gasteiger partial charge < -0.3 is 0 Å². The van der Waals surface area contributed by atoms with E-state index in [4.69, 9.17) is 0 Å². The summed E-state index contributed by atoms with van der Waals surface area (Å²) >= 11 is 2.96. The van der Waals surface area contributed by atoms with Crippen molar-refractivity contribution in [1.82, 2.24) is 14.8 Å². The molecule has 0 aliphatic rings. The highest BCUT2D eigenvalue weighted by Gasteiger charge is 2.18. The minimum absolute atomic E-state index is 0.185. The number of nitrogens with one attached hydrogen (secondary N) is 1. The number of anilines is 1. The summed E-state index contributed by atoms with van der Waals surface area (Å²) in [6, 6.07) is 11.0. The number of nitrogens with zero attached hydrogens (tertiary/aromatic N) is 3. The third-order valence-corrected chi connectivity index (χ3v) is 5.77. The minimum atomic E-state index is -0.374. The molecule has 0 bridgehead atoms. The highest BCUT2D eigenvalue weighted by Crippen LogP contribution is 2.28. The molecule has 4 aromatic rings. The van der Waals surface area contributed by atoms with Crippen LogP contribution < -0.4 is 10.9 Å². The van der Waals surface area contributed by atoms with E-state index < -0.39 is 0 Å². The zero-order valence-electron chi connectivity index (χ0n) is 15.4. The minimum Gasteiger partial charge on any atom is -0.296 e. The van der Waals surface area contributed by atoms with Gasteiger partial charge in [-0.25, -0.2) is 9.67 Å². The number of benzene rings is 1. The Kier molecular flexibility index (Phi) is 5.06. The number of thiophene rings is 1. The van der Waals surface area contributed by atoms with Crippen LogP contribution >= 0.6 is 22.7 Å². The molecule has 0 aliphatic heterocycles. The predicted octanol–water partition coefficient (Wildman–Crippen LogP) is 4.49. The summed E-state index contributed by atoms with van der Waals surface area (Å²) in [6.45, 7) is 4.46. The normalized spacial score (nSPS) is 11.2. The second-order valence-corrected chi connectivity index (χ2v) is 8.55. The molecule has 28 heavy (non-hydrogen) atoms. The maximum absolute atomic E-state index is 13.0. The van der Waals surface area contributed by atoms with Crippen molar-refractivity contribution in [3.8, 4) is 10.6 Å². The standard InChI is InChI=1S/C20H18N4O2S2/c1-12(2)10-24-19(26)14-7-4-3-6-13(14)17(23-24)18(25)22-20-21-15(11-28-20)16-8-5-9-27-16/h3-9,11-12H,10H2,1-2H3,(H,21,22,25). The topological polar surface area (TPSA) is 76.9 Å². The van der Waals surface area contributed by atoms with Crippen LogP contribution in [0, 0.1) is 5.92 Å². The molecular weight excluding hydrogens is 392 g/mol. The summed E-state index contributed by atoms with van der Waals surface area (Å²) < 4.78 is 1.38. The van der Waals surface area contributed by atoms with Gasteiger partial charge in [0.25, 0.3) is 11.5 Å². The lowest BCUT2D eigenvalue weighted by molar-refractivity contribution is 0.102. The number of hydrogen-bond donors (Lipinski definition) is 1. The molecule has 1 amide bonds. The molecule has 3 aromatic heterocycles. The zero-order valence-corrected chi connectivity index (χ0v) is 17.0. The molecule has 0 saturated carbocycles. The summed E-state index contributed by atoms with van der Waals surface area (Å²) in [7, 11) is 0. The van der Waals surface area contributed by atoms with Crippen molar-refractivity contribution in [2.45, 2.75) is 20.4 Å². The lowest BCUT2D eigenvalue weighted by Crippen LogP contribution is -2.29. The van der Waals surface area contributed by atoms with Crippen LogP contribution in [0.15, 0.2) is 52.0 Å². The number of fused-ring (bicyclic) bond motifs is 1. The Balaban J connectivity index is 1.71. The number of thiazole rings is 1. The number of hydrogen-bond acceptors (Lipinski definition) is 6. The van der Waals surface area contributed by atoms with Crippen LogP contribution in [0.4, 0.5) is 5.13 Å². The first-order valence-corrected chi connectivity index (χ1v) is 10.6. The monoisotopic (exact) mass is 410 g/mol. The summed E-state index contributed by atoms with van der Waals surface area (Å²) in [4.78, 5) is 31.2. The van der Waals surface area contributed by atoms with E-state index in [2.05, 4.69) is 15.4 Å². The zero-order chi connectivity index (χ0) is 19.7. The Bertz CT molecular complexity index is 1190. The number of amides is 1. The van der Waals surface area contributed by atoms with E-state index in [0.717, 1.165) is 10.6 Å². The number of carbonyl (C=O) groups excluding carboxylic acids is 1. The maximum atomic E-state index is 13.0. The van der Waals surface area contributed by atoms with Crippen LogP contribution in [-0.2, 0) is 6.54 Å². The van der Waals surface area contributed by atoms with Crippen molar-refractivity contribution in [3.63, 3.8) is 0 Å². The van der Waals surface area contributed by atoms with Crippen LogP contribution in [0.5, 0.6) is 0 Å². The molecule has 0 aliphatic carbocycles. The summed E-state index contributed by atoms with van der Waals surface area (Å²) in [5.74, 6) is -0.143. The van der Waals surface area contributed by atoms with Crippen LogP contribution in [-0.4, -0.2) is 20.7 Å². The SMILES string of the molecule is CC(C)Cn1nc(C(=O)Nc2nc(-c3cccs3)cs2)c2ccccc2c1=O. The van der Waals surface area contributed by atoms with Crippen LogP contribution in [0.2, 0.25) is 0 Å². The van der Waals surface area contributed by atoms with Gasteiger partial charge in [-0.05, 0) is 23.4 Å². The van der Waals surface area contributed by atoms with Gasteiger partial charge in [-0.2, -0.15) is 5.10 Å². The van der Waals surface area contributed by atoms with E-state index in [9.17, 15) is 9.59 Å². The Morgan fingerprint density at radius 3 is 2.64 bits per heavy atom. The molecule has 0 atom stereocenters. The van der Waals surface area contributed by atoms with Gasteiger partial charge in [0.2, 0.25) is 0 Å². The van der Waals surface area contributed by atoms with Gasteiger partial charge in [0.15, 0.2) is 10.8 Å². The van der Waals surface area contributed by atoms with E-state index in [0.29, 0.717) is 22.4 Å². The van der Waals surface area contributed by atoms with E-state index in [1.165, 1.54) is 16.0 Å². The molecule has 1 aromatic carbocycles. The first-order valence-electron chi connectivity index (χ1n) is 8.83. The molecule has 4 rings (SSSR count). The summed E-state index contributed by atoms with van der Waals surface area (Å²) in [5.41, 5.74) is 0.872. The first kappa shape index (κ1) is 18.5. The Morgan fingerprint density at radius 1 is 1.14 bits per heavy atom. The lowest BCUT2D eigenvalue weighted by atomic mass is 10.1. The van der Waals surface area contributed by atoms with Crippen LogP contribution in [0.3, 0.4) is 0 Å². The van der Waals surface area contributed by atoms with E-state index >= 15 is 0 Å². The van der Waals surface area contributed by atoms with Crippen molar-refractivity contribution >= 4 is 44.5 Å². The predicted molar refractivity (Wildman–Crippen MR) is 114 cm³/mol. The molecule has 1 N–H and O–H groups in total. The third kappa shape index (κ3) is 3.61. The molecular formula is C20H18N4O2S2. The molecule has 3 heterocycles. The van der Waals surface area contributed by atoms with Gasteiger partial charge in [-0.3, -0.25) is 14.9 Å². The summed E-state index contributed by atoms with van der Waals surface area (Å²) in [6.07, 6.45) is 0. The Labute approximate surface area is 169 Å². The third-order valence-electron chi connectivity index (χ3n) is 4.12. The average molecular weight is 411 g/mol. The smallest absolute Gasteiger partial charge is 0.278 e. The van der Waals surface area contributed by atoms with Crippen molar-refractivity contribution in [2.75, 3.05) is 5.32 Å². The average Bonchev–Trinajstić information content (AvgIpc) is 3.35. The van der Waals surface area contributed by atoms with Crippen LogP contribution in [0.25, 0.3) is 21.3 Å². The highest BCUT2D eigenvalue weighted by molar-refractivity contribution is 7.16. The number of aromatic nitrogens is 3. The fourth-order valence-electron chi connectivity index (χ4n) is 2.90.